The van der Waals surface area contributed by atoms with E-state index in [0.29, 0.717) is 13.1 Å². The highest BCUT2D eigenvalue weighted by Crippen LogP contribution is 2.08. The van der Waals surface area contributed by atoms with Gasteiger partial charge in [0.15, 0.2) is 11.6 Å². The monoisotopic (exact) mass is 264 g/mol. The van der Waals surface area contributed by atoms with Gasteiger partial charge in [-0.25, -0.2) is 8.78 Å². The molecule has 0 saturated carbocycles. The molecule has 1 amide bonds. The molecule has 0 heterocycles. The summed E-state index contributed by atoms with van der Waals surface area (Å²) in [6.45, 7) is 3.87. The zero-order chi connectivity index (χ0) is 12.0. The Kier molecular flexibility index (Phi) is 7.41. The number of carbonyl (C=O) groups is 1. The van der Waals surface area contributed by atoms with Crippen molar-refractivity contribution in [2.45, 2.75) is 6.92 Å². The molecule has 17 heavy (non-hydrogen) atoms. The Labute approximate surface area is 105 Å². The fourth-order valence-corrected chi connectivity index (χ4v) is 1.18. The summed E-state index contributed by atoms with van der Waals surface area (Å²) >= 11 is 0. The molecule has 0 fully saturated rings. The molecule has 0 unspecified atom stereocenters. The van der Waals surface area contributed by atoms with E-state index in [0.717, 1.165) is 18.7 Å². The largest absolute Gasteiger partial charge is 0.351 e. The van der Waals surface area contributed by atoms with Crippen molar-refractivity contribution in [1.29, 1.82) is 0 Å². The summed E-state index contributed by atoms with van der Waals surface area (Å²) in [5, 5.41) is 5.62. The quantitative estimate of drug-likeness (QED) is 0.796. The third kappa shape index (κ3) is 5.10. The summed E-state index contributed by atoms with van der Waals surface area (Å²) in [5.74, 6) is -2.37. The van der Waals surface area contributed by atoms with E-state index in [1.165, 1.54) is 6.07 Å². The van der Waals surface area contributed by atoms with Gasteiger partial charge < -0.3 is 10.6 Å². The summed E-state index contributed by atoms with van der Waals surface area (Å²) in [6.07, 6.45) is 0. The Morgan fingerprint density at radius 3 is 2.53 bits per heavy atom. The number of halogens is 3. The smallest absolute Gasteiger partial charge is 0.251 e. The van der Waals surface area contributed by atoms with Gasteiger partial charge in [-0.2, -0.15) is 0 Å². The Bertz CT molecular complexity index is 374. The normalized spacial score (nSPS) is 9.59. The molecule has 0 aliphatic carbocycles. The highest BCUT2D eigenvalue weighted by molar-refractivity contribution is 5.94. The van der Waals surface area contributed by atoms with Crippen LogP contribution in [0.3, 0.4) is 0 Å². The van der Waals surface area contributed by atoms with E-state index in [9.17, 15) is 13.6 Å². The maximum Gasteiger partial charge on any atom is 0.251 e. The zero-order valence-corrected chi connectivity index (χ0v) is 10.2. The maximum atomic E-state index is 12.8. The van der Waals surface area contributed by atoms with E-state index in [-0.39, 0.29) is 18.0 Å². The van der Waals surface area contributed by atoms with Gasteiger partial charge in [-0.05, 0) is 24.7 Å². The molecular formula is C11H15ClF2N2O. The minimum absolute atomic E-state index is 0. The lowest BCUT2D eigenvalue weighted by Gasteiger charge is -2.05. The standard InChI is InChI=1S/C11H14F2N2O.ClH/c1-2-14-5-6-15-11(16)8-3-4-9(12)10(13)7-8;/h3-4,7,14H,2,5-6H2,1H3,(H,15,16);1H. The van der Waals surface area contributed by atoms with Crippen LogP contribution in [0.5, 0.6) is 0 Å². The van der Waals surface area contributed by atoms with Gasteiger partial charge in [0.1, 0.15) is 0 Å². The lowest BCUT2D eigenvalue weighted by Crippen LogP contribution is -2.31. The van der Waals surface area contributed by atoms with Gasteiger partial charge in [-0.3, -0.25) is 4.79 Å². The first kappa shape index (κ1) is 15.8. The molecule has 96 valence electrons. The van der Waals surface area contributed by atoms with Gasteiger partial charge in [0.25, 0.3) is 5.91 Å². The number of hydrogen-bond donors (Lipinski definition) is 2. The molecule has 1 rings (SSSR count). The van der Waals surface area contributed by atoms with E-state index >= 15 is 0 Å². The summed E-state index contributed by atoms with van der Waals surface area (Å²) in [4.78, 5) is 11.4. The number of rotatable bonds is 5. The molecule has 6 heteroatoms. The molecule has 0 saturated heterocycles. The van der Waals surface area contributed by atoms with Gasteiger partial charge in [0, 0.05) is 18.7 Å². The van der Waals surface area contributed by atoms with Crippen LogP contribution in [-0.4, -0.2) is 25.5 Å². The molecule has 0 atom stereocenters. The second-order valence-electron chi connectivity index (χ2n) is 3.24. The molecule has 0 aliphatic heterocycles. The fraction of sp³-hybridized carbons (Fsp3) is 0.364. The molecular weight excluding hydrogens is 250 g/mol. The molecule has 1 aromatic rings. The molecule has 0 aromatic heterocycles. The predicted octanol–water partition coefficient (Wildman–Crippen LogP) is 1.73. The first-order chi connectivity index (χ1) is 7.65. The zero-order valence-electron chi connectivity index (χ0n) is 9.43. The van der Waals surface area contributed by atoms with Crippen LogP contribution in [0.1, 0.15) is 17.3 Å². The molecule has 0 bridgehead atoms. The Balaban J connectivity index is 0.00000256. The average Bonchev–Trinajstić information content (AvgIpc) is 2.28. The van der Waals surface area contributed by atoms with Crippen LogP contribution in [0, 0.1) is 11.6 Å². The van der Waals surface area contributed by atoms with E-state index in [1.807, 2.05) is 6.92 Å². The Morgan fingerprint density at radius 1 is 1.24 bits per heavy atom. The van der Waals surface area contributed by atoms with Crippen LogP contribution in [-0.2, 0) is 0 Å². The lowest BCUT2D eigenvalue weighted by atomic mass is 10.2. The molecule has 0 aliphatic rings. The predicted molar refractivity (Wildman–Crippen MR) is 64.5 cm³/mol. The SMILES string of the molecule is CCNCCNC(=O)c1ccc(F)c(F)c1.Cl. The van der Waals surface area contributed by atoms with Crippen LogP contribution in [0.15, 0.2) is 18.2 Å². The summed E-state index contributed by atoms with van der Waals surface area (Å²) in [5.41, 5.74) is 0.121. The van der Waals surface area contributed by atoms with Crippen molar-refractivity contribution in [3.8, 4) is 0 Å². The molecule has 1 aromatic carbocycles. The number of carbonyl (C=O) groups excluding carboxylic acids is 1. The van der Waals surface area contributed by atoms with Crippen molar-refractivity contribution in [2.24, 2.45) is 0 Å². The average molecular weight is 265 g/mol. The van der Waals surface area contributed by atoms with Crippen molar-refractivity contribution in [2.75, 3.05) is 19.6 Å². The maximum absolute atomic E-state index is 12.8. The van der Waals surface area contributed by atoms with Crippen molar-refractivity contribution in [3.63, 3.8) is 0 Å². The van der Waals surface area contributed by atoms with E-state index < -0.39 is 17.5 Å². The lowest BCUT2D eigenvalue weighted by molar-refractivity contribution is 0.0953. The number of hydrogen-bond acceptors (Lipinski definition) is 2. The first-order valence-corrected chi connectivity index (χ1v) is 5.09. The van der Waals surface area contributed by atoms with E-state index in [2.05, 4.69) is 10.6 Å². The molecule has 0 spiro atoms. The summed E-state index contributed by atoms with van der Waals surface area (Å²) in [6, 6.07) is 3.08. The Morgan fingerprint density at radius 2 is 1.94 bits per heavy atom. The molecule has 0 radical (unpaired) electrons. The van der Waals surface area contributed by atoms with Crippen molar-refractivity contribution in [3.05, 3.63) is 35.4 Å². The third-order valence-corrected chi connectivity index (χ3v) is 2.02. The topological polar surface area (TPSA) is 41.1 Å². The summed E-state index contributed by atoms with van der Waals surface area (Å²) in [7, 11) is 0. The van der Waals surface area contributed by atoms with Gasteiger partial charge in [0.05, 0.1) is 0 Å². The highest BCUT2D eigenvalue weighted by atomic mass is 35.5. The fourth-order valence-electron chi connectivity index (χ4n) is 1.18. The highest BCUT2D eigenvalue weighted by Gasteiger charge is 2.08. The van der Waals surface area contributed by atoms with Crippen LogP contribution in [0.25, 0.3) is 0 Å². The second kappa shape index (κ2) is 7.97. The number of amides is 1. The van der Waals surface area contributed by atoms with Crippen LogP contribution >= 0.6 is 12.4 Å². The van der Waals surface area contributed by atoms with E-state index in [1.54, 1.807) is 0 Å². The van der Waals surface area contributed by atoms with Crippen molar-refractivity contribution >= 4 is 18.3 Å². The van der Waals surface area contributed by atoms with Gasteiger partial charge in [-0.15, -0.1) is 12.4 Å². The first-order valence-electron chi connectivity index (χ1n) is 5.09. The second-order valence-corrected chi connectivity index (χ2v) is 3.24. The van der Waals surface area contributed by atoms with Gasteiger partial charge >= 0.3 is 0 Å². The Hall–Kier alpha value is -1.20. The summed E-state index contributed by atoms with van der Waals surface area (Å²) < 4.78 is 25.4. The third-order valence-electron chi connectivity index (χ3n) is 2.02. The van der Waals surface area contributed by atoms with Gasteiger partial charge in [0.2, 0.25) is 0 Å². The minimum atomic E-state index is -1.01. The van der Waals surface area contributed by atoms with Crippen LogP contribution < -0.4 is 10.6 Å². The van der Waals surface area contributed by atoms with Gasteiger partial charge in [-0.1, -0.05) is 6.92 Å². The minimum Gasteiger partial charge on any atom is -0.351 e. The van der Waals surface area contributed by atoms with Crippen molar-refractivity contribution in [1.82, 2.24) is 10.6 Å². The molecule has 3 nitrogen and oxygen atoms in total. The number of likely N-dealkylation sites (N-methyl/N-ethyl adjacent to an activating group) is 1. The van der Waals surface area contributed by atoms with Crippen LogP contribution in [0.2, 0.25) is 0 Å². The van der Waals surface area contributed by atoms with E-state index in [4.69, 9.17) is 0 Å². The van der Waals surface area contributed by atoms with Crippen molar-refractivity contribution < 1.29 is 13.6 Å². The number of benzene rings is 1. The number of nitrogens with one attached hydrogen (secondary N) is 2. The molecule has 2 N–H and O–H groups in total. The van der Waals surface area contributed by atoms with Crippen LogP contribution in [0.4, 0.5) is 8.78 Å².